The zero-order valence-corrected chi connectivity index (χ0v) is 12.4. The fourth-order valence-corrected chi connectivity index (χ4v) is 3.47. The van der Waals surface area contributed by atoms with Gasteiger partial charge in [-0.3, -0.25) is 9.78 Å². The van der Waals surface area contributed by atoms with E-state index >= 15 is 0 Å². The maximum atomic E-state index is 12.4. The minimum Gasteiger partial charge on any atom is -0.336 e. The van der Waals surface area contributed by atoms with Crippen LogP contribution in [0.4, 0.5) is 0 Å². The molecule has 7 heteroatoms. The lowest BCUT2D eigenvalue weighted by atomic mass is 10.3. The second kappa shape index (κ2) is 5.07. The molecule has 1 amide bonds. The number of rotatable bonds is 2. The number of sulfone groups is 1. The minimum absolute atomic E-state index is 0.228. The van der Waals surface area contributed by atoms with Gasteiger partial charge in [0.15, 0.2) is 9.84 Å². The van der Waals surface area contributed by atoms with Crippen molar-refractivity contribution in [2.45, 2.75) is 11.7 Å². The van der Waals surface area contributed by atoms with Gasteiger partial charge in [0.25, 0.3) is 5.91 Å². The van der Waals surface area contributed by atoms with Gasteiger partial charge in [0.05, 0.1) is 22.5 Å². The van der Waals surface area contributed by atoms with Gasteiger partial charge in [-0.1, -0.05) is 12.1 Å². The van der Waals surface area contributed by atoms with Crippen molar-refractivity contribution in [3.63, 3.8) is 0 Å². The summed E-state index contributed by atoms with van der Waals surface area (Å²) < 4.78 is 23.1. The van der Waals surface area contributed by atoms with Gasteiger partial charge in [-0.15, -0.1) is 0 Å². The second-order valence-corrected chi connectivity index (χ2v) is 7.56. The van der Waals surface area contributed by atoms with E-state index in [9.17, 15) is 13.2 Å². The Morgan fingerprint density at radius 1 is 1.29 bits per heavy atom. The number of aromatic nitrogens is 2. The fourth-order valence-electron chi connectivity index (χ4n) is 2.48. The molecule has 0 bridgehead atoms. The number of amides is 1. The molecule has 1 aromatic heterocycles. The monoisotopic (exact) mass is 305 g/mol. The van der Waals surface area contributed by atoms with Crippen LogP contribution in [-0.4, -0.2) is 53.8 Å². The molecule has 0 N–H and O–H groups in total. The van der Waals surface area contributed by atoms with Crippen LogP contribution in [0.5, 0.6) is 0 Å². The van der Waals surface area contributed by atoms with E-state index in [0.29, 0.717) is 18.5 Å². The van der Waals surface area contributed by atoms with E-state index in [4.69, 9.17) is 0 Å². The molecular weight excluding hydrogens is 290 g/mol. The van der Waals surface area contributed by atoms with Gasteiger partial charge in [-0.25, -0.2) is 13.4 Å². The Balaban J connectivity index is 1.84. The predicted molar refractivity (Wildman–Crippen MR) is 78.7 cm³/mol. The zero-order valence-electron chi connectivity index (χ0n) is 11.6. The Bertz CT molecular complexity index is 804. The first-order valence-corrected chi connectivity index (χ1v) is 8.60. The van der Waals surface area contributed by atoms with E-state index in [-0.39, 0.29) is 18.1 Å². The van der Waals surface area contributed by atoms with Crippen LogP contribution in [0, 0.1) is 0 Å². The number of fused-ring (bicyclic) bond motifs is 1. The van der Waals surface area contributed by atoms with Crippen LogP contribution in [0.25, 0.3) is 11.0 Å². The highest BCUT2D eigenvalue weighted by atomic mass is 32.2. The number of hydrogen-bond acceptors (Lipinski definition) is 5. The molecule has 110 valence electrons. The SMILES string of the molecule is CS(=O)(=O)C1CCN(C(=O)c2cnc3ccccc3n2)C1. The molecule has 0 radical (unpaired) electrons. The third-order valence-electron chi connectivity index (χ3n) is 3.71. The molecule has 3 rings (SSSR count). The van der Waals surface area contributed by atoms with Crippen molar-refractivity contribution in [1.82, 2.24) is 14.9 Å². The van der Waals surface area contributed by atoms with Gasteiger partial charge in [-0.2, -0.15) is 0 Å². The smallest absolute Gasteiger partial charge is 0.274 e. The third kappa shape index (κ3) is 2.73. The first-order chi connectivity index (χ1) is 9.95. The van der Waals surface area contributed by atoms with Crippen molar-refractivity contribution in [1.29, 1.82) is 0 Å². The molecule has 1 fully saturated rings. The van der Waals surface area contributed by atoms with Gasteiger partial charge in [-0.05, 0) is 18.6 Å². The van der Waals surface area contributed by atoms with Crippen LogP contribution in [-0.2, 0) is 9.84 Å². The zero-order chi connectivity index (χ0) is 15.0. The van der Waals surface area contributed by atoms with Gasteiger partial charge in [0.2, 0.25) is 0 Å². The lowest BCUT2D eigenvalue weighted by Crippen LogP contribution is -2.32. The topological polar surface area (TPSA) is 80.2 Å². The van der Waals surface area contributed by atoms with Crippen molar-refractivity contribution in [2.24, 2.45) is 0 Å². The Morgan fingerprint density at radius 2 is 2.00 bits per heavy atom. The van der Waals surface area contributed by atoms with E-state index in [1.165, 1.54) is 17.4 Å². The molecule has 0 aliphatic carbocycles. The van der Waals surface area contributed by atoms with Crippen LogP contribution in [0.1, 0.15) is 16.9 Å². The normalized spacial score (nSPS) is 19.1. The Hall–Kier alpha value is -2.02. The molecule has 0 saturated carbocycles. The van der Waals surface area contributed by atoms with Crippen LogP contribution in [0.2, 0.25) is 0 Å². The third-order valence-corrected chi connectivity index (χ3v) is 5.30. The van der Waals surface area contributed by atoms with Crippen LogP contribution < -0.4 is 0 Å². The summed E-state index contributed by atoms with van der Waals surface area (Å²) in [5.74, 6) is -0.264. The second-order valence-electron chi connectivity index (χ2n) is 5.24. The summed E-state index contributed by atoms with van der Waals surface area (Å²) in [5.41, 5.74) is 1.63. The average molecular weight is 305 g/mol. The van der Waals surface area contributed by atoms with Crippen LogP contribution >= 0.6 is 0 Å². The minimum atomic E-state index is -3.12. The summed E-state index contributed by atoms with van der Waals surface area (Å²) in [6, 6.07) is 7.31. The summed E-state index contributed by atoms with van der Waals surface area (Å²) in [6.45, 7) is 0.664. The van der Waals surface area contributed by atoms with Crippen LogP contribution in [0.3, 0.4) is 0 Å². The molecule has 1 aliphatic heterocycles. The molecule has 1 aromatic carbocycles. The summed E-state index contributed by atoms with van der Waals surface area (Å²) in [6.07, 6.45) is 3.13. The Labute approximate surface area is 122 Å². The maximum Gasteiger partial charge on any atom is 0.274 e. The van der Waals surface area contributed by atoms with Crippen molar-refractivity contribution < 1.29 is 13.2 Å². The summed E-state index contributed by atoms with van der Waals surface area (Å²) in [7, 11) is -3.12. The van der Waals surface area contributed by atoms with Gasteiger partial charge >= 0.3 is 0 Å². The number of likely N-dealkylation sites (tertiary alicyclic amines) is 1. The van der Waals surface area contributed by atoms with Crippen molar-refractivity contribution in [2.75, 3.05) is 19.3 Å². The van der Waals surface area contributed by atoms with Gasteiger partial charge < -0.3 is 4.90 Å². The van der Waals surface area contributed by atoms with E-state index < -0.39 is 15.1 Å². The highest BCUT2D eigenvalue weighted by molar-refractivity contribution is 7.91. The van der Waals surface area contributed by atoms with Crippen molar-refractivity contribution in [3.8, 4) is 0 Å². The lowest BCUT2D eigenvalue weighted by Gasteiger charge is -2.15. The number of hydrogen-bond donors (Lipinski definition) is 0. The maximum absolute atomic E-state index is 12.4. The Kier molecular flexibility index (Phi) is 3.36. The van der Waals surface area contributed by atoms with E-state index in [1.54, 1.807) is 6.07 Å². The summed E-state index contributed by atoms with van der Waals surface area (Å²) >= 11 is 0. The molecule has 6 nitrogen and oxygen atoms in total. The first kappa shape index (κ1) is 13.9. The van der Waals surface area contributed by atoms with E-state index in [1.807, 2.05) is 18.2 Å². The quantitative estimate of drug-likeness (QED) is 0.823. The molecule has 0 spiro atoms. The average Bonchev–Trinajstić information content (AvgIpc) is 2.96. The molecule has 1 aliphatic rings. The van der Waals surface area contributed by atoms with Crippen LogP contribution in [0.15, 0.2) is 30.5 Å². The number of nitrogens with zero attached hydrogens (tertiary/aromatic N) is 3. The molecule has 2 heterocycles. The van der Waals surface area contributed by atoms with Crippen molar-refractivity contribution in [3.05, 3.63) is 36.2 Å². The summed E-state index contributed by atoms with van der Waals surface area (Å²) in [5, 5.41) is -0.477. The predicted octanol–water partition coefficient (Wildman–Crippen LogP) is 0.889. The number of benzene rings is 1. The summed E-state index contributed by atoms with van der Waals surface area (Å²) in [4.78, 5) is 22.4. The number of carbonyl (C=O) groups excluding carboxylic acids is 1. The molecule has 21 heavy (non-hydrogen) atoms. The molecule has 1 saturated heterocycles. The largest absolute Gasteiger partial charge is 0.336 e. The van der Waals surface area contributed by atoms with E-state index in [0.717, 1.165) is 5.52 Å². The molecule has 1 unspecified atom stereocenters. The standard InChI is InChI=1S/C14H15N3O3S/c1-21(19,20)10-6-7-17(9-10)14(18)13-8-15-11-4-2-3-5-12(11)16-13/h2-5,8,10H,6-7,9H2,1H3. The Morgan fingerprint density at radius 3 is 2.67 bits per heavy atom. The highest BCUT2D eigenvalue weighted by Crippen LogP contribution is 2.18. The van der Waals surface area contributed by atoms with Gasteiger partial charge in [0, 0.05) is 19.3 Å². The number of para-hydroxylation sites is 2. The molecular formula is C14H15N3O3S. The van der Waals surface area contributed by atoms with E-state index in [2.05, 4.69) is 9.97 Å². The van der Waals surface area contributed by atoms with Gasteiger partial charge in [0.1, 0.15) is 5.69 Å². The number of carbonyl (C=O) groups is 1. The molecule has 1 atom stereocenters. The molecule has 2 aromatic rings. The fraction of sp³-hybridized carbons (Fsp3) is 0.357. The lowest BCUT2D eigenvalue weighted by molar-refractivity contribution is 0.0787. The first-order valence-electron chi connectivity index (χ1n) is 6.65. The highest BCUT2D eigenvalue weighted by Gasteiger charge is 2.33. The van der Waals surface area contributed by atoms with Crippen molar-refractivity contribution >= 4 is 26.8 Å².